The lowest BCUT2D eigenvalue weighted by Crippen LogP contribution is -2.06. The van der Waals surface area contributed by atoms with Crippen LogP contribution < -0.4 is 10.1 Å². The smallest absolute Gasteiger partial charge is 0.123 e. The maximum absolute atomic E-state index is 13.4. The second kappa shape index (κ2) is 5.63. The molecule has 2 aromatic rings. The number of halogens is 1. The van der Waals surface area contributed by atoms with E-state index in [1.165, 1.54) is 6.07 Å². The van der Waals surface area contributed by atoms with E-state index in [1.54, 1.807) is 6.07 Å². The summed E-state index contributed by atoms with van der Waals surface area (Å²) < 4.78 is 19.2. The molecule has 0 radical (unpaired) electrons. The highest BCUT2D eigenvalue weighted by Crippen LogP contribution is 2.31. The molecule has 104 valence electrons. The van der Waals surface area contributed by atoms with Gasteiger partial charge in [-0.1, -0.05) is 18.2 Å². The Morgan fingerprint density at radius 1 is 1.20 bits per heavy atom. The molecule has 2 nitrogen and oxygen atoms in total. The summed E-state index contributed by atoms with van der Waals surface area (Å²) in [7, 11) is 1.86. The second-order valence-electron chi connectivity index (χ2n) is 5.18. The fraction of sp³-hybridized carbons (Fsp3) is 0.294. The fourth-order valence-electron chi connectivity index (χ4n) is 2.30. The Labute approximate surface area is 118 Å². The molecule has 1 N–H and O–H groups in total. The monoisotopic (exact) mass is 271 g/mol. The minimum absolute atomic E-state index is 0.204. The summed E-state index contributed by atoms with van der Waals surface area (Å²) >= 11 is 0. The molecule has 0 bridgehead atoms. The van der Waals surface area contributed by atoms with Gasteiger partial charge in [-0.25, -0.2) is 4.39 Å². The van der Waals surface area contributed by atoms with E-state index in [0.29, 0.717) is 12.6 Å². The van der Waals surface area contributed by atoms with Gasteiger partial charge < -0.3 is 10.1 Å². The van der Waals surface area contributed by atoms with E-state index < -0.39 is 0 Å². The third-order valence-electron chi connectivity index (χ3n) is 3.41. The molecule has 1 saturated carbocycles. The highest BCUT2D eigenvalue weighted by Gasteiger charge is 2.23. The zero-order chi connectivity index (χ0) is 13.9. The molecule has 0 spiro atoms. The minimum atomic E-state index is -0.204. The van der Waals surface area contributed by atoms with E-state index in [0.717, 1.165) is 35.3 Å². The Morgan fingerprint density at radius 2 is 2.05 bits per heavy atom. The first-order valence-corrected chi connectivity index (χ1v) is 6.96. The summed E-state index contributed by atoms with van der Waals surface area (Å²) in [5.41, 5.74) is 3.06. The van der Waals surface area contributed by atoms with Gasteiger partial charge in [0.15, 0.2) is 0 Å². The molecular formula is C17H18FNO. The SMILES string of the molecule is CNCc1cc(F)ccc1-c1cccc(OC2CC2)c1. The molecule has 1 aliphatic carbocycles. The Kier molecular flexibility index (Phi) is 3.70. The van der Waals surface area contributed by atoms with Gasteiger partial charge in [0.25, 0.3) is 0 Å². The quantitative estimate of drug-likeness (QED) is 0.894. The molecule has 3 heteroatoms. The van der Waals surface area contributed by atoms with Crippen molar-refractivity contribution < 1.29 is 9.13 Å². The predicted octanol–water partition coefficient (Wildman–Crippen LogP) is 3.75. The molecule has 0 atom stereocenters. The Hall–Kier alpha value is -1.87. The van der Waals surface area contributed by atoms with Crippen LogP contribution in [0.15, 0.2) is 42.5 Å². The number of rotatable bonds is 5. The van der Waals surface area contributed by atoms with Gasteiger partial charge in [0, 0.05) is 6.54 Å². The number of nitrogens with one attached hydrogen (secondary N) is 1. The van der Waals surface area contributed by atoms with Crippen LogP contribution in [0.25, 0.3) is 11.1 Å². The van der Waals surface area contributed by atoms with Gasteiger partial charge in [0.2, 0.25) is 0 Å². The molecule has 0 heterocycles. The normalized spacial score (nSPS) is 14.3. The summed E-state index contributed by atoms with van der Waals surface area (Å²) in [6.07, 6.45) is 2.67. The molecule has 0 saturated heterocycles. The van der Waals surface area contributed by atoms with Crippen molar-refractivity contribution in [3.05, 3.63) is 53.8 Å². The van der Waals surface area contributed by atoms with Gasteiger partial charge in [-0.3, -0.25) is 0 Å². The lowest BCUT2D eigenvalue weighted by molar-refractivity contribution is 0.303. The first-order chi connectivity index (χ1) is 9.76. The third kappa shape index (κ3) is 2.99. The zero-order valence-corrected chi connectivity index (χ0v) is 11.5. The van der Waals surface area contributed by atoms with E-state index >= 15 is 0 Å². The molecule has 0 unspecified atom stereocenters. The standard InChI is InChI=1S/C17H18FNO/c1-19-11-13-9-14(18)5-8-17(13)12-3-2-4-16(10-12)20-15-6-7-15/h2-5,8-10,15,19H,6-7,11H2,1H3. The van der Waals surface area contributed by atoms with Gasteiger partial charge in [0.05, 0.1) is 6.10 Å². The van der Waals surface area contributed by atoms with Crippen LogP contribution in [-0.4, -0.2) is 13.2 Å². The number of ether oxygens (including phenoxy) is 1. The average molecular weight is 271 g/mol. The summed E-state index contributed by atoms with van der Waals surface area (Å²) in [6.45, 7) is 0.640. The van der Waals surface area contributed by atoms with Crippen LogP contribution in [0.2, 0.25) is 0 Å². The van der Waals surface area contributed by atoms with Crippen LogP contribution >= 0.6 is 0 Å². The van der Waals surface area contributed by atoms with Crippen LogP contribution in [0.1, 0.15) is 18.4 Å². The van der Waals surface area contributed by atoms with Crippen molar-refractivity contribution in [3.63, 3.8) is 0 Å². The third-order valence-corrected chi connectivity index (χ3v) is 3.41. The van der Waals surface area contributed by atoms with Crippen molar-refractivity contribution >= 4 is 0 Å². The first-order valence-electron chi connectivity index (χ1n) is 6.96. The Morgan fingerprint density at radius 3 is 2.80 bits per heavy atom. The predicted molar refractivity (Wildman–Crippen MR) is 78.2 cm³/mol. The van der Waals surface area contributed by atoms with Crippen molar-refractivity contribution in [2.75, 3.05) is 7.05 Å². The number of hydrogen-bond donors (Lipinski definition) is 1. The highest BCUT2D eigenvalue weighted by molar-refractivity contribution is 5.68. The fourth-order valence-corrected chi connectivity index (χ4v) is 2.30. The van der Waals surface area contributed by atoms with Gasteiger partial charge in [-0.05, 0) is 60.8 Å². The topological polar surface area (TPSA) is 21.3 Å². The second-order valence-corrected chi connectivity index (χ2v) is 5.18. The van der Waals surface area contributed by atoms with Gasteiger partial charge in [-0.2, -0.15) is 0 Å². The number of hydrogen-bond acceptors (Lipinski definition) is 2. The van der Waals surface area contributed by atoms with Crippen LogP contribution in [-0.2, 0) is 6.54 Å². The molecule has 2 aromatic carbocycles. The van der Waals surface area contributed by atoms with Crippen LogP contribution in [0.4, 0.5) is 4.39 Å². The Balaban J connectivity index is 1.94. The highest BCUT2D eigenvalue weighted by atomic mass is 19.1. The van der Waals surface area contributed by atoms with Gasteiger partial charge in [0.1, 0.15) is 11.6 Å². The molecule has 1 fully saturated rings. The van der Waals surface area contributed by atoms with E-state index in [9.17, 15) is 4.39 Å². The Bertz CT molecular complexity index is 608. The summed E-state index contributed by atoms with van der Waals surface area (Å²) in [5.74, 6) is 0.689. The van der Waals surface area contributed by atoms with Crippen molar-refractivity contribution in [3.8, 4) is 16.9 Å². The summed E-state index contributed by atoms with van der Waals surface area (Å²) in [5, 5.41) is 3.08. The van der Waals surface area contributed by atoms with Crippen molar-refractivity contribution in [1.29, 1.82) is 0 Å². The van der Waals surface area contributed by atoms with E-state index in [1.807, 2.05) is 37.4 Å². The summed E-state index contributed by atoms with van der Waals surface area (Å²) in [4.78, 5) is 0. The molecule has 0 aromatic heterocycles. The summed E-state index contributed by atoms with van der Waals surface area (Å²) in [6, 6.07) is 12.9. The molecule has 0 aliphatic heterocycles. The molecule has 20 heavy (non-hydrogen) atoms. The van der Waals surface area contributed by atoms with Gasteiger partial charge in [-0.15, -0.1) is 0 Å². The molecule has 0 amide bonds. The zero-order valence-electron chi connectivity index (χ0n) is 11.5. The van der Waals surface area contributed by atoms with Crippen molar-refractivity contribution in [1.82, 2.24) is 5.32 Å². The maximum atomic E-state index is 13.4. The molecule has 3 rings (SSSR count). The van der Waals surface area contributed by atoms with E-state index in [4.69, 9.17) is 4.74 Å². The molecule has 1 aliphatic rings. The number of benzene rings is 2. The van der Waals surface area contributed by atoms with Crippen LogP contribution in [0, 0.1) is 5.82 Å². The van der Waals surface area contributed by atoms with Crippen LogP contribution in [0.3, 0.4) is 0 Å². The largest absolute Gasteiger partial charge is 0.490 e. The lowest BCUT2D eigenvalue weighted by Gasteiger charge is -2.11. The van der Waals surface area contributed by atoms with Crippen molar-refractivity contribution in [2.24, 2.45) is 0 Å². The van der Waals surface area contributed by atoms with Crippen molar-refractivity contribution in [2.45, 2.75) is 25.5 Å². The average Bonchev–Trinajstić information content (AvgIpc) is 3.24. The first kappa shape index (κ1) is 13.1. The lowest BCUT2D eigenvalue weighted by atomic mass is 9.99. The maximum Gasteiger partial charge on any atom is 0.123 e. The van der Waals surface area contributed by atoms with E-state index in [2.05, 4.69) is 5.32 Å². The van der Waals surface area contributed by atoms with E-state index in [-0.39, 0.29) is 5.82 Å². The van der Waals surface area contributed by atoms with Crippen LogP contribution in [0.5, 0.6) is 5.75 Å². The minimum Gasteiger partial charge on any atom is -0.490 e. The molecular weight excluding hydrogens is 253 g/mol. The van der Waals surface area contributed by atoms with Gasteiger partial charge >= 0.3 is 0 Å².